The minimum atomic E-state index is -0.696. The summed E-state index contributed by atoms with van der Waals surface area (Å²) in [7, 11) is 0. The molecule has 0 bridgehead atoms. The lowest BCUT2D eigenvalue weighted by Gasteiger charge is -2.15. The molecule has 0 aliphatic carbocycles. The highest BCUT2D eigenvalue weighted by Gasteiger charge is 2.24. The number of nitrogens with two attached hydrogens (primary N) is 2. The number of aliphatic hydroxyl groups is 2. The molecule has 8 N–H and O–H groups in total. The number of aliphatic hydroxyl groups excluding tert-OH is 2. The number of carbonyl (C=O) groups excluding carboxylic acids is 4. The fourth-order valence-electron chi connectivity index (χ4n) is 6.89. The largest absolute Gasteiger partial charge is 0.491 e. The summed E-state index contributed by atoms with van der Waals surface area (Å²) in [5, 5.41) is 33.6. The molecule has 4 amide bonds. The number of nitrogens with one attached hydrogen (secondary N) is 2. The lowest BCUT2D eigenvalue weighted by molar-refractivity contribution is 0.0991. The number of imidazole rings is 2. The van der Waals surface area contributed by atoms with Crippen LogP contribution in [0.1, 0.15) is 92.6 Å². The van der Waals surface area contributed by atoms with E-state index in [1.165, 1.54) is 24.3 Å². The Morgan fingerprint density at radius 2 is 1.02 bits per heavy atom. The number of benzene rings is 2. The maximum atomic E-state index is 13.7. The summed E-state index contributed by atoms with van der Waals surface area (Å²) in [5.41, 5.74) is 15.4. The number of primary amides is 2. The minimum Gasteiger partial charge on any atom is -0.491 e. The second-order valence-electron chi connectivity index (χ2n) is 14.0. The van der Waals surface area contributed by atoms with Crippen molar-refractivity contribution in [2.24, 2.45) is 11.5 Å². The van der Waals surface area contributed by atoms with Crippen molar-refractivity contribution < 1.29 is 38.9 Å². The molecule has 0 unspecified atom stereocenters. The number of aromatic nitrogens is 8. The first kappa shape index (κ1) is 48.4. The van der Waals surface area contributed by atoms with Crippen LogP contribution in [0.15, 0.2) is 36.4 Å². The molecule has 0 saturated carbocycles. The average Bonchev–Trinajstić information content (AvgIpc) is 3.98. The Labute approximate surface area is 368 Å². The number of rotatable bonds is 21. The predicted molar refractivity (Wildman–Crippen MR) is 236 cm³/mol. The Kier molecular flexibility index (Phi) is 16.8. The van der Waals surface area contributed by atoms with Gasteiger partial charge >= 0.3 is 0 Å². The fourth-order valence-corrected chi connectivity index (χ4v) is 6.89. The third-order valence-electron chi connectivity index (χ3n) is 9.64. The molecule has 0 saturated heterocycles. The molecule has 334 valence electrons. The van der Waals surface area contributed by atoms with Gasteiger partial charge in [-0.1, -0.05) is 0 Å². The van der Waals surface area contributed by atoms with Crippen molar-refractivity contribution in [3.63, 3.8) is 0 Å². The number of nitrogens with zero attached hydrogens (tertiary/aromatic N) is 8. The normalized spacial score (nSPS) is 11.0. The van der Waals surface area contributed by atoms with E-state index in [1.54, 1.807) is 44.5 Å². The number of halogens is 2. The van der Waals surface area contributed by atoms with Gasteiger partial charge in [0, 0.05) is 63.4 Å². The third-order valence-corrected chi connectivity index (χ3v) is 9.64. The van der Waals surface area contributed by atoms with Crippen LogP contribution in [0.25, 0.3) is 22.1 Å². The number of carbonyl (C=O) groups is 4. The number of aryl methyl sites for hydroxylation is 6. The van der Waals surface area contributed by atoms with E-state index in [0.717, 1.165) is 0 Å². The molecule has 4 heterocycles. The Bertz CT molecular complexity index is 2390. The van der Waals surface area contributed by atoms with Gasteiger partial charge in [0.1, 0.15) is 33.9 Å². The van der Waals surface area contributed by atoms with Gasteiger partial charge in [0.05, 0.1) is 35.6 Å². The quantitative estimate of drug-likeness (QED) is 0.0560. The maximum absolute atomic E-state index is 13.7. The number of ether oxygens (including phenoxy) is 2. The summed E-state index contributed by atoms with van der Waals surface area (Å²) in [4.78, 5) is 61.6. The van der Waals surface area contributed by atoms with Crippen LogP contribution in [-0.2, 0) is 26.2 Å². The van der Waals surface area contributed by atoms with Gasteiger partial charge in [-0.25, -0.2) is 9.97 Å². The van der Waals surface area contributed by atoms with Gasteiger partial charge in [-0.15, -0.1) is 24.8 Å². The molecule has 0 atom stereocenters. The van der Waals surface area contributed by atoms with Crippen LogP contribution < -0.4 is 31.6 Å². The Balaban J connectivity index is 0.00000422. The second kappa shape index (κ2) is 21.5. The lowest BCUT2D eigenvalue weighted by atomic mass is 10.1. The van der Waals surface area contributed by atoms with Gasteiger partial charge in [0.15, 0.2) is 0 Å². The molecule has 0 spiro atoms. The van der Waals surface area contributed by atoms with Crippen LogP contribution in [0.4, 0.5) is 11.9 Å². The molecule has 0 aliphatic rings. The summed E-state index contributed by atoms with van der Waals surface area (Å²) in [5.74, 6) is -1.32. The molecule has 0 radical (unpaired) electrons. The summed E-state index contributed by atoms with van der Waals surface area (Å²) in [6, 6.07) is 9.44. The Morgan fingerprint density at radius 3 is 1.35 bits per heavy atom. The highest BCUT2D eigenvalue weighted by molar-refractivity contribution is 6.05. The first-order chi connectivity index (χ1) is 28.9. The summed E-state index contributed by atoms with van der Waals surface area (Å²) >= 11 is 0. The zero-order valence-corrected chi connectivity index (χ0v) is 36.5. The van der Waals surface area contributed by atoms with E-state index >= 15 is 0 Å². The van der Waals surface area contributed by atoms with Gasteiger partial charge in [0.25, 0.3) is 11.8 Å². The minimum absolute atomic E-state index is 0. The lowest BCUT2D eigenvalue weighted by Crippen LogP contribution is -2.20. The van der Waals surface area contributed by atoms with Crippen LogP contribution in [0, 0.1) is 13.8 Å². The van der Waals surface area contributed by atoms with Crippen molar-refractivity contribution in [1.29, 1.82) is 0 Å². The molecular weight excluding hydrogens is 847 g/mol. The van der Waals surface area contributed by atoms with E-state index in [4.69, 9.17) is 30.9 Å². The van der Waals surface area contributed by atoms with Crippen molar-refractivity contribution in [3.8, 4) is 11.5 Å². The molecule has 20 nitrogen and oxygen atoms in total. The number of unbranched alkanes of at least 4 members (excludes halogenated alkanes) is 1. The van der Waals surface area contributed by atoms with Crippen LogP contribution in [-0.4, -0.2) is 98.9 Å². The van der Waals surface area contributed by atoms with E-state index in [2.05, 4.69) is 20.8 Å². The van der Waals surface area contributed by atoms with Crippen LogP contribution in [0.5, 0.6) is 11.5 Å². The van der Waals surface area contributed by atoms with Gasteiger partial charge in [-0.2, -0.15) is 10.2 Å². The standard InChI is InChI=1S/C40H50N12O8.2ClH/c1-5-51-29(17-23(3)47-51)37(57)45-39-43-27-19-25(35(41)55)21-31(59-15-9-13-53)33(27)49(39)11-7-8-12-50-34-28(20-26(36(42)56)22-32(34)60-16-10-14-54)44-40(50)46-38(58)30-18-24(4)48-52(30)6-2;;/h17-22,53-54H,5-16H2,1-4H3,(H2,41,55)(H2,42,56)(H,43,45,57)(H,44,46,58);2*1H. The topological polar surface area (TPSA) is 275 Å². The monoisotopic (exact) mass is 898 g/mol. The molecule has 6 rings (SSSR count). The molecule has 4 aromatic heterocycles. The molecule has 6 aromatic rings. The average molecular weight is 900 g/mol. The Hall–Kier alpha value is -6.22. The molecule has 0 fully saturated rings. The van der Waals surface area contributed by atoms with Gasteiger partial charge in [-0.3, -0.25) is 39.2 Å². The van der Waals surface area contributed by atoms with E-state index in [9.17, 15) is 29.4 Å². The molecule has 22 heteroatoms. The van der Waals surface area contributed by atoms with Gasteiger partial charge < -0.3 is 40.3 Å². The summed E-state index contributed by atoms with van der Waals surface area (Å²) in [6.45, 7) is 8.89. The number of fused-ring (bicyclic) bond motifs is 2. The number of amides is 4. The molecule has 2 aromatic carbocycles. The maximum Gasteiger partial charge on any atom is 0.276 e. The number of hydrogen-bond donors (Lipinski definition) is 6. The zero-order valence-electron chi connectivity index (χ0n) is 34.8. The van der Waals surface area contributed by atoms with Crippen molar-refractivity contribution in [3.05, 3.63) is 70.3 Å². The van der Waals surface area contributed by atoms with Gasteiger partial charge in [0.2, 0.25) is 23.7 Å². The molecular formula is C40H52Cl2N12O8. The Morgan fingerprint density at radius 1 is 0.629 bits per heavy atom. The van der Waals surface area contributed by atoms with Crippen molar-refractivity contribution in [2.75, 3.05) is 37.1 Å². The smallest absolute Gasteiger partial charge is 0.276 e. The molecule has 62 heavy (non-hydrogen) atoms. The highest BCUT2D eigenvalue weighted by Crippen LogP contribution is 2.34. The van der Waals surface area contributed by atoms with Crippen LogP contribution >= 0.6 is 24.8 Å². The first-order valence-electron chi connectivity index (χ1n) is 19.7. The van der Waals surface area contributed by atoms with E-state index < -0.39 is 23.6 Å². The van der Waals surface area contributed by atoms with E-state index in [1.807, 2.05) is 13.8 Å². The SMILES string of the molecule is CCn1nc(C)cc1C(=O)Nc1nc2cc(C(N)=O)cc(OCCCO)c2n1CCCCn1c(NC(=O)c2cc(C)nn2CC)nc2cc(C(N)=O)cc(OCCCO)c21.Cl.Cl. The van der Waals surface area contributed by atoms with Crippen molar-refractivity contribution >= 4 is 82.4 Å². The predicted octanol–water partition coefficient (Wildman–Crippen LogP) is 3.98. The molecule has 0 aliphatic heterocycles. The van der Waals surface area contributed by atoms with E-state index in [0.29, 0.717) is 108 Å². The first-order valence-corrected chi connectivity index (χ1v) is 19.7. The second-order valence-corrected chi connectivity index (χ2v) is 14.0. The summed E-state index contributed by atoms with van der Waals surface area (Å²) in [6.07, 6.45) is 1.60. The van der Waals surface area contributed by atoms with E-state index in [-0.39, 0.29) is 74.3 Å². The third kappa shape index (κ3) is 10.6. The van der Waals surface area contributed by atoms with Crippen LogP contribution in [0.3, 0.4) is 0 Å². The fraction of sp³-hybridized carbons (Fsp3) is 0.400. The number of hydrogen-bond acceptors (Lipinski definition) is 12. The van der Waals surface area contributed by atoms with Gasteiger partial charge in [-0.05, 0) is 76.9 Å². The highest BCUT2D eigenvalue weighted by atomic mass is 35.5. The van der Waals surface area contributed by atoms with Crippen molar-refractivity contribution in [2.45, 2.75) is 79.6 Å². The zero-order chi connectivity index (χ0) is 43.1. The van der Waals surface area contributed by atoms with Crippen molar-refractivity contribution in [1.82, 2.24) is 38.7 Å². The number of anilines is 2. The van der Waals surface area contributed by atoms with Crippen LogP contribution in [0.2, 0.25) is 0 Å². The summed E-state index contributed by atoms with van der Waals surface area (Å²) < 4.78 is 18.9.